The molecule has 0 bridgehead atoms. The summed E-state index contributed by atoms with van der Waals surface area (Å²) in [5.74, 6) is 0.481. The summed E-state index contributed by atoms with van der Waals surface area (Å²) >= 11 is 0. The Morgan fingerprint density at radius 1 is 1.27 bits per heavy atom. The smallest absolute Gasteiger partial charge is 0.116 e. The summed E-state index contributed by atoms with van der Waals surface area (Å²) in [5, 5.41) is 0. The molecule has 1 atom stereocenters. The van der Waals surface area contributed by atoms with Gasteiger partial charge in [0.1, 0.15) is 6.33 Å². The van der Waals surface area contributed by atoms with Gasteiger partial charge in [0.25, 0.3) is 0 Å². The van der Waals surface area contributed by atoms with Crippen LogP contribution in [0.1, 0.15) is 39.0 Å². The van der Waals surface area contributed by atoms with Crippen molar-refractivity contribution >= 4 is 11.6 Å². The fourth-order valence-corrected chi connectivity index (χ4v) is 1.56. The first-order valence-electron chi connectivity index (χ1n) is 5.44. The maximum absolute atomic E-state index is 4.23. The van der Waals surface area contributed by atoms with Gasteiger partial charge >= 0.3 is 0 Å². The minimum Gasteiger partial charge on any atom is -0.244 e. The molecule has 1 aromatic rings. The van der Waals surface area contributed by atoms with E-state index >= 15 is 0 Å². The zero-order valence-electron chi connectivity index (χ0n) is 9.86. The SMILES string of the molecule is CC.CC1=CC(C)C=Cc2ncncc21. The summed E-state index contributed by atoms with van der Waals surface area (Å²) < 4.78 is 0. The Labute approximate surface area is 91.8 Å². The predicted octanol–water partition coefficient (Wildman–Crippen LogP) is 3.57. The molecular formula is C13H18N2. The number of rotatable bonds is 0. The van der Waals surface area contributed by atoms with Crippen LogP contribution in [0, 0.1) is 5.92 Å². The molecule has 0 N–H and O–H groups in total. The zero-order valence-corrected chi connectivity index (χ0v) is 9.86. The number of fused-ring (bicyclic) bond motifs is 1. The van der Waals surface area contributed by atoms with Crippen LogP contribution >= 0.6 is 0 Å². The van der Waals surface area contributed by atoms with E-state index in [1.807, 2.05) is 20.0 Å². The van der Waals surface area contributed by atoms with Crippen LogP contribution in [0.2, 0.25) is 0 Å². The molecule has 1 aliphatic carbocycles. The molecule has 1 aliphatic rings. The fraction of sp³-hybridized carbons (Fsp3) is 0.385. The van der Waals surface area contributed by atoms with Gasteiger partial charge in [0.2, 0.25) is 0 Å². The highest BCUT2D eigenvalue weighted by Crippen LogP contribution is 2.23. The normalized spacial score (nSPS) is 18.1. The Morgan fingerprint density at radius 2 is 2.00 bits per heavy atom. The third-order valence-electron chi connectivity index (χ3n) is 2.24. The van der Waals surface area contributed by atoms with Gasteiger partial charge in [0.05, 0.1) is 5.69 Å². The van der Waals surface area contributed by atoms with Gasteiger partial charge < -0.3 is 0 Å². The molecule has 0 amide bonds. The maximum Gasteiger partial charge on any atom is 0.116 e. The lowest BCUT2D eigenvalue weighted by Crippen LogP contribution is -1.90. The quantitative estimate of drug-likeness (QED) is 0.642. The lowest BCUT2D eigenvalue weighted by molar-refractivity contribution is 0.949. The number of allylic oxidation sites excluding steroid dienone is 3. The van der Waals surface area contributed by atoms with E-state index < -0.39 is 0 Å². The molecule has 0 aromatic carbocycles. The second-order valence-electron chi connectivity index (χ2n) is 3.39. The minimum absolute atomic E-state index is 0.481. The fourth-order valence-electron chi connectivity index (χ4n) is 1.56. The summed E-state index contributed by atoms with van der Waals surface area (Å²) in [6.45, 7) is 8.27. The number of hydrogen-bond acceptors (Lipinski definition) is 2. The van der Waals surface area contributed by atoms with Crippen molar-refractivity contribution in [3.63, 3.8) is 0 Å². The lowest BCUT2D eigenvalue weighted by Gasteiger charge is -2.02. The molecule has 2 heteroatoms. The van der Waals surface area contributed by atoms with Gasteiger partial charge in [0, 0.05) is 11.8 Å². The average molecular weight is 202 g/mol. The van der Waals surface area contributed by atoms with Crippen LogP contribution in [0.25, 0.3) is 11.6 Å². The number of nitrogens with zero attached hydrogens (tertiary/aromatic N) is 2. The minimum atomic E-state index is 0.481. The van der Waals surface area contributed by atoms with E-state index in [4.69, 9.17) is 0 Å². The first-order valence-corrected chi connectivity index (χ1v) is 5.44. The van der Waals surface area contributed by atoms with Crippen molar-refractivity contribution in [3.05, 3.63) is 35.9 Å². The van der Waals surface area contributed by atoms with Crippen molar-refractivity contribution in [3.8, 4) is 0 Å². The molecule has 80 valence electrons. The molecule has 1 heterocycles. The molecule has 0 saturated heterocycles. The molecule has 15 heavy (non-hydrogen) atoms. The molecule has 2 nitrogen and oxygen atoms in total. The summed E-state index contributed by atoms with van der Waals surface area (Å²) in [4.78, 5) is 8.25. The molecular weight excluding hydrogens is 184 g/mol. The van der Waals surface area contributed by atoms with Gasteiger partial charge in [-0.2, -0.15) is 0 Å². The van der Waals surface area contributed by atoms with Crippen molar-refractivity contribution in [2.45, 2.75) is 27.7 Å². The number of aromatic nitrogens is 2. The first kappa shape index (κ1) is 11.6. The topological polar surface area (TPSA) is 25.8 Å². The number of hydrogen-bond donors (Lipinski definition) is 0. The summed E-state index contributed by atoms with van der Waals surface area (Å²) in [6.07, 6.45) is 9.91. The van der Waals surface area contributed by atoms with Crippen molar-refractivity contribution in [2.75, 3.05) is 0 Å². The van der Waals surface area contributed by atoms with Crippen LogP contribution in [0.4, 0.5) is 0 Å². The van der Waals surface area contributed by atoms with Crippen LogP contribution in [0.3, 0.4) is 0 Å². The van der Waals surface area contributed by atoms with Gasteiger partial charge in [-0.25, -0.2) is 9.97 Å². The van der Waals surface area contributed by atoms with E-state index in [9.17, 15) is 0 Å². The highest BCUT2D eigenvalue weighted by molar-refractivity contribution is 5.72. The van der Waals surface area contributed by atoms with Gasteiger partial charge in [-0.15, -0.1) is 0 Å². The molecule has 0 aliphatic heterocycles. The largest absolute Gasteiger partial charge is 0.244 e. The van der Waals surface area contributed by atoms with E-state index in [1.54, 1.807) is 6.33 Å². The Kier molecular flexibility index (Phi) is 4.22. The van der Waals surface area contributed by atoms with Crippen LogP contribution in [-0.4, -0.2) is 9.97 Å². The van der Waals surface area contributed by atoms with Crippen molar-refractivity contribution in [1.29, 1.82) is 0 Å². The first-order chi connectivity index (χ1) is 7.27. The Morgan fingerprint density at radius 3 is 2.73 bits per heavy atom. The molecule has 0 spiro atoms. The van der Waals surface area contributed by atoms with E-state index in [1.165, 1.54) is 5.57 Å². The van der Waals surface area contributed by atoms with Gasteiger partial charge in [-0.1, -0.05) is 32.9 Å². The predicted molar refractivity (Wildman–Crippen MR) is 65.2 cm³/mol. The van der Waals surface area contributed by atoms with Gasteiger partial charge in [0.15, 0.2) is 0 Å². The van der Waals surface area contributed by atoms with Crippen molar-refractivity contribution < 1.29 is 0 Å². The lowest BCUT2D eigenvalue weighted by atomic mass is 10.1. The summed E-state index contributed by atoms with van der Waals surface area (Å²) in [7, 11) is 0. The van der Waals surface area contributed by atoms with E-state index in [2.05, 4.69) is 42.0 Å². The highest BCUT2D eigenvalue weighted by Gasteiger charge is 2.07. The summed E-state index contributed by atoms with van der Waals surface area (Å²) in [6, 6.07) is 0. The second-order valence-corrected chi connectivity index (χ2v) is 3.39. The molecule has 1 aromatic heterocycles. The standard InChI is InChI=1S/C11H12N2.C2H6/c1-8-3-4-11-10(9(2)5-8)6-12-7-13-11;1-2/h3-8H,1-2H3;1-2H3. The van der Waals surface area contributed by atoms with Crippen LogP contribution in [0.5, 0.6) is 0 Å². The molecule has 2 rings (SSSR count). The Balaban J connectivity index is 0.000000531. The van der Waals surface area contributed by atoms with Crippen LogP contribution in [-0.2, 0) is 0 Å². The van der Waals surface area contributed by atoms with E-state index in [0.717, 1.165) is 11.3 Å². The monoisotopic (exact) mass is 202 g/mol. The van der Waals surface area contributed by atoms with E-state index in [-0.39, 0.29) is 0 Å². The van der Waals surface area contributed by atoms with Crippen LogP contribution < -0.4 is 0 Å². The summed E-state index contributed by atoms with van der Waals surface area (Å²) in [5.41, 5.74) is 3.42. The molecule has 0 radical (unpaired) electrons. The van der Waals surface area contributed by atoms with E-state index in [0.29, 0.717) is 5.92 Å². The average Bonchev–Trinajstić information content (AvgIpc) is 2.42. The Bertz CT molecular complexity index is 378. The third kappa shape index (κ3) is 2.75. The molecule has 0 saturated carbocycles. The van der Waals surface area contributed by atoms with Gasteiger partial charge in [-0.05, 0) is 24.5 Å². The zero-order chi connectivity index (χ0) is 11.3. The maximum atomic E-state index is 4.23. The Hall–Kier alpha value is -1.44. The second kappa shape index (κ2) is 5.44. The molecule has 0 fully saturated rings. The van der Waals surface area contributed by atoms with Gasteiger partial charge in [-0.3, -0.25) is 0 Å². The van der Waals surface area contributed by atoms with Crippen molar-refractivity contribution in [2.24, 2.45) is 5.92 Å². The third-order valence-corrected chi connectivity index (χ3v) is 2.24. The molecule has 1 unspecified atom stereocenters. The van der Waals surface area contributed by atoms with Crippen LogP contribution in [0.15, 0.2) is 24.7 Å². The highest BCUT2D eigenvalue weighted by atomic mass is 14.8. The van der Waals surface area contributed by atoms with Crippen molar-refractivity contribution in [1.82, 2.24) is 9.97 Å².